The molecule has 14 heteroatoms. The van der Waals surface area contributed by atoms with E-state index < -0.39 is 36.0 Å². The molecule has 1 saturated heterocycles. The predicted molar refractivity (Wildman–Crippen MR) is 195 cm³/mol. The molecule has 1 aliphatic rings. The monoisotopic (exact) mass is 746 g/mol. The van der Waals surface area contributed by atoms with E-state index in [1.807, 2.05) is 0 Å². The Hall–Kier alpha value is -5.92. The summed E-state index contributed by atoms with van der Waals surface area (Å²) in [7, 11) is 0. The molecule has 1 aliphatic heterocycles. The smallest absolute Gasteiger partial charge is 0.415 e. The van der Waals surface area contributed by atoms with E-state index in [0.29, 0.717) is 50.5 Å². The van der Waals surface area contributed by atoms with Gasteiger partial charge in [-0.25, -0.2) is 24.0 Å². The van der Waals surface area contributed by atoms with E-state index in [4.69, 9.17) is 23.7 Å². The fourth-order valence-corrected chi connectivity index (χ4v) is 5.04. The van der Waals surface area contributed by atoms with Gasteiger partial charge >= 0.3 is 30.0 Å². The molecule has 3 aromatic rings. The van der Waals surface area contributed by atoms with E-state index in [-0.39, 0.29) is 53.5 Å². The van der Waals surface area contributed by atoms with Crippen LogP contribution in [0.3, 0.4) is 0 Å². The summed E-state index contributed by atoms with van der Waals surface area (Å²) in [6, 6.07) is 16.2. The van der Waals surface area contributed by atoms with Crippen molar-refractivity contribution in [1.82, 2.24) is 10.6 Å². The molecule has 4 rings (SSSR count). The first kappa shape index (κ1) is 40.8. The maximum Gasteiger partial charge on any atom is 0.415 e. The molecule has 1 fully saturated rings. The third-order valence-electron chi connectivity index (χ3n) is 8.09. The number of rotatable bonds is 22. The molecule has 2 N–H and O–H groups in total. The van der Waals surface area contributed by atoms with Gasteiger partial charge in [0.05, 0.1) is 30.9 Å². The minimum absolute atomic E-state index is 0.00943. The zero-order chi connectivity index (χ0) is 38.7. The molecule has 0 aliphatic carbocycles. The van der Waals surface area contributed by atoms with Gasteiger partial charge in [0, 0.05) is 13.0 Å². The Bertz CT molecular complexity index is 1740. The predicted octanol–water partition coefficient (Wildman–Crippen LogP) is 6.34. The minimum Gasteiger partial charge on any atom is -0.494 e. The van der Waals surface area contributed by atoms with Gasteiger partial charge in [-0.05, 0) is 105 Å². The first-order valence-electron chi connectivity index (χ1n) is 18.2. The Morgan fingerprint density at radius 3 is 1.85 bits per heavy atom. The highest BCUT2D eigenvalue weighted by Crippen LogP contribution is 2.28. The number of amides is 2. The number of ether oxygens (including phenoxy) is 6. The van der Waals surface area contributed by atoms with Gasteiger partial charge in [0.2, 0.25) is 5.91 Å². The van der Waals surface area contributed by atoms with Gasteiger partial charge in [-0.1, -0.05) is 26.7 Å². The van der Waals surface area contributed by atoms with Crippen LogP contribution >= 0.6 is 0 Å². The van der Waals surface area contributed by atoms with Crippen LogP contribution in [0, 0.1) is 0 Å². The zero-order valence-electron chi connectivity index (χ0n) is 30.5. The molecule has 0 aromatic heterocycles. The van der Waals surface area contributed by atoms with Crippen molar-refractivity contribution in [3.63, 3.8) is 0 Å². The third kappa shape index (κ3) is 13.2. The van der Waals surface area contributed by atoms with Crippen molar-refractivity contribution in [2.24, 2.45) is 0 Å². The molecule has 1 heterocycles. The summed E-state index contributed by atoms with van der Waals surface area (Å²) in [5.74, 6) is -2.03. The van der Waals surface area contributed by atoms with Crippen LogP contribution in [-0.2, 0) is 19.1 Å². The maximum atomic E-state index is 13.3. The van der Waals surface area contributed by atoms with Gasteiger partial charge in [-0.15, -0.1) is 0 Å². The second-order valence-electron chi connectivity index (χ2n) is 12.4. The van der Waals surface area contributed by atoms with Crippen LogP contribution in [0.25, 0.3) is 0 Å². The van der Waals surface area contributed by atoms with E-state index >= 15 is 0 Å². The average Bonchev–Trinajstić information content (AvgIpc) is 3.50. The first-order chi connectivity index (χ1) is 26.2. The fraction of sp³-hybridized carbons (Fsp3) is 0.400. The van der Waals surface area contributed by atoms with Gasteiger partial charge in [-0.2, -0.15) is 0 Å². The molecule has 288 valence electrons. The van der Waals surface area contributed by atoms with Crippen molar-refractivity contribution < 1.29 is 57.2 Å². The van der Waals surface area contributed by atoms with Crippen LogP contribution in [0.5, 0.6) is 23.0 Å². The van der Waals surface area contributed by atoms with Gasteiger partial charge in [0.1, 0.15) is 34.6 Å². The molecule has 1 atom stereocenters. The normalized spacial score (nSPS) is 13.3. The lowest BCUT2D eigenvalue weighted by molar-refractivity contribution is -0.135. The highest BCUT2D eigenvalue weighted by molar-refractivity contribution is 5.97. The summed E-state index contributed by atoms with van der Waals surface area (Å²) in [6.07, 6.45) is 4.85. The van der Waals surface area contributed by atoms with Crippen LogP contribution in [0.15, 0.2) is 66.7 Å². The number of unbranched alkanes of at least 4 members (excludes halogenated alkanes) is 3. The summed E-state index contributed by atoms with van der Waals surface area (Å²) in [5, 5.41) is 5.18. The second kappa shape index (κ2) is 21.6. The summed E-state index contributed by atoms with van der Waals surface area (Å²) in [6.45, 7) is 5.47. The number of hydrogen-bond donors (Lipinski definition) is 2. The number of benzene rings is 3. The molecule has 54 heavy (non-hydrogen) atoms. The van der Waals surface area contributed by atoms with Gasteiger partial charge < -0.3 is 39.1 Å². The summed E-state index contributed by atoms with van der Waals surface area (Å²) in [5.41, 5.74) is 0.304. The van der Waals surface area contributed by atoms with E-state index in [0.717, 1.165) is 25.7 Å². The molecule has 14 nitrogen and oxygen atoms in total. The molecule has 0 spiro atoms. The number of cyclic esters (lactones) is 2. The molecular formula is C40H46N2O12. The van der Waals surface area contributed by atoms with Crippen LogP contribution in [0.1, 0.15) is 103 Å². The number of hydrogen-bond acceptors (Lipinski definition) is 12. The Labute approximate surface area is 313 Å². The van der Waals surface area contributed by atoms with Crippen molar-refractivity contribution in [2.75, 3.05) is 26.4 Å². The van der Waals surface area contributed by atoms with Crippen molar-refractivity contribution in [2.45, 2.75) is 77.7 Å². The number of carbonyl (C=O) groups excluding carboxylic acids is 6. The highest BCUT2D eigenvalue weighted by Gasteiger charge is 2.31. The Kier molecular flexibility index (Phi) is 16.3. The van der Waals surface area contributed by atoms with Crippen molar-refractivity contribution >= 4 is 35.9 Å². The van der Waals surface area contributed by atoms with Crippen LogP contribution in [0.2, 0.25) is 0 Å². The number of carbonyl (C=O) groups is 6. The molecule has 0 radical (unpaired) electrons. The first-order valence-corrected chi connectivity index (χ1v) is 18.2. The second-order valence-corrected chi connectivity index (χ2v) is 12.4. The lowest BCUT2D eigenvalue weighted by Crippen LogP contribution is -2.29. The standard InChI is InChI=1S/C40H46N2O12/c1-3-5-23-49-29-16-12-27(13-17-29)36(44)52-31-20-21-34(53-37(45)28-14-18-30(19-15-28)50-24-6-4-2)32(26-31)38(46)51-25-9-11-35(43)41-22-8-7-10-33-39(47)54-40(48)42-33/h12-21,26,33H,3-11,22-25H2,1-2H3,(H,41,43)(H,42,48)/t33-/m0/s1. The minimum atomic E-state index is -0.859. The Morgan fingerprint density at radius 1 is 0.685 bits per heavy atom. The molecule has 3 aromatic carbocycles. The maximum absolute atomic E-state index is 13.3. The summed E-state index contributed by atoms with van der Waals surface area (Å²) in [4.78, 5) is 74.2. The molecule has 2 amide bonds. The summed E-state index contributed by atoms with van der Waals surface area (Å²) < 4.78 is 32.3. The van der Waals surface area contributed by atoms with E-state index in [1.54, 1.807) is 48.5 Å². The fourth-order valence-electron chi connectivity index (χ4n) is 5.04. The molecule has 0 unspecified atom stereocenters. The average molecular weight is 747 g/mol. The van der Waals surface area contributed by atoms with Crippen molar-refractivity contribution in [3.8, 4) is 23.0 Å². The number of alkyl carbamates (subject to hydrolysis) is 1. The number of nitrogens with one attached hydrogen (secondary N) is 2. The topological polar surface area (TPSA) is 182 Å². The molecular weight excluding hydrogens is 700 g/mol. The largest absolute Gasteiger partial charge is 0.494 e. The third-order valence-corrected chi connectivity index (χ3v) is 8.09. The van der Waals surface area contributed by atoms with Crippen molar-refractivity contribution in [3.05, 3.63) is 83.4 Å². The molecule has 0 bridgehead atoms. The van der Waals surface area contributed by atoms with E-state index in [1.165, 1.54) is 18.2 Å². The van der Waals surface area contributed by atoms with Gasteiger partial charge in [0.15, 0.2) is 0 Å². The van der Waals surface area contributed by atoms with Crippen LogP contribution in [-0.4, -0.2) is 68.3 Å². The lowest BCUT2D eigenvalue weighted by atomic mass is 10.1. The van der Waals surface area contributed by atoms with Crippen LogP contribution < -0.4 is 29.6 Å². The Morgan fingerprint density at radius 2 is 1.28 bits per heavy atom. The molecule has 0 saturated carbocycles. The van der Waals surface area contributed by atoms with Crippen molar-refractivity contribution in [1.29, 1.82) is 0 Å². The zero-order valence-corrected chi connectivity index (χ0v) is 30.5. The highest BCUT2D eigenvalue weighted by atomic mass is 16.6. The van der Waals surface area contributed by atoms with E-state index in [9.17, 15) is 28.8 Å². The quantitative estimate of drug-likeness (QED) is 0.0505. The lowest BCUT2D eigenvalue weighted by Gasteiger charge is -2.13. The van der Waals surface area contributed by atoms with Crippen LogP contribution in [0.4, 0.5) is 4.79 Å². The SMILES string of the molecule is CCCCOc1ccc(C(=O)Oc2ccc(OC(=O)c3ccc(OCCCC)cc3)c(C(=O)OCCCC(=O)NCCCC[C@@H]3NC(=O)OC3=O)c2)cc1. The number of esters is 4. The summed E-state index contributed by atoms with van der Waals surface area (Å²) >= 11 is 0. The van der Waals surface area contributed by atoms with Gasteiger partial charge in [-0.3, -0.25) is 4.79 Å². The Balaban J connectivity index is 1.34. The van der Waals surface area contributed by atoms with E-state index in [2.05, 4.69) is 29.2 Å². The van der Waals surface area contributed by atoms with Gasteiger partial charge in [0.25, 0.3) is 0 Å².